The van der Waals surface area contributed by atoms with E-state index in [4.69, 9.17) is 18.9 Å². The van der Waals surface area contributed by atoms with Gasteiger partial charge in [0.15, 0.2) is 0 Å². The average molecular weight is 428 g/mol. The largest absolute Gasteiger partial charge is 0.497 e. The van der Waals surface area contributed by atoms with Crippen molar-refractivity contribution in [2.75, 3.05) is 27.4 Å². The minimum atomic E-state index is -0.828. The monoisotopic (exact) mass is 428 g/mol. The van der Waals surface area contributed by atoms with Crippen LogP contribution in [0.3, 0.4) is 0 Å². The number of likely N-dealkylation sites (tertiary alicyclic amines) is 1. The molecule has 0 unspecified atom stereocenters. The highest BCUT2D eigenvalue weighted by Gasteiger charge is 2.52. The summed E-state index contributed by atoms with van der Waals surface area (Å²) in [6.45, 7) is 1.14. The molecule has 0 aromatic heterocycles. The van der Waals surface area contributed by atoms with Gasteiger partial charge in [0.25, 0.3) is 11.6 Å². The Bertz CT molecular complexity index is 974. The van der Waals surface area contributed by atoms with Crippen LogP contribution in [0.4, 0.5) is 5.69 Å². The highest BCUT2D eigenvalue weighted by molar-refractivity contribution is 5.89. The summed E-state index contributed by atoms with van der Waals surface area (Å²) in [7, 11) is 3.12. The number of carbonyl (C=O) groups excluding carboxylic acids is 1. The Hall–Kier alpha value is -3.33. The summed E-state index contributed by atoms with van der Waals surface area (Å²) in [5.74, 6) is 1.28. The zero-order valence-electron chi connectivity index (χ0n) is 17.4. The first kappa shape index (κ1) is 20.9. The van der Waals surface area contributed by atoms with E-state index in [1.165, 1.54) is 18.2 Å². The summed E-state index contributed by atoms with van der Waals surface area (Å²) in [5, 5.41) is 11.1. The van der Waals surface area contributed by atoms with Crippen molar-refractivity contribution in [1.29, 1.82) is 0 Å². The molecule has 31 heavy (non-hydrogen) atoms. The van der Waals surface area contributed by atoms with E-state index in [-0.39, 0.29) is 23.4 Å². The molecular weight excluding hydrogens is 404 g/mol. The summed E-state index contributed by atoms with van der Waals surface area (Å²) in [5.41, 5.74) is 0.676. The zero-order chi connectivity index (χ0) is 22.0. The molecule has 3 atom stereocenters. The van der Waals surface area contributed by atoms with Crippen LogP contribution in [0.15, 0.2) is 42.5 Å². The molecule has 9 heteroatoms. The fourth-order valence-corrected chi connectivity index (χ4v) is 4.05. The molecular formula is C22H24N2O7. The number of amides is 1. The fourth-order valence-electron chi connectivity index (χ4n) is 4.05. The van der Waals surface area contributed by atoms with Crippen molar-refractivity contribution in [3.05, 3.63) is 58.1 Å². The maximum atomic E-state index is 13.0. The normalized spacial score (nSPS) is 22.7. The maximum absolute atomic E-state index is 13.0. The summed E-state index contributed by atoms with van der Waals surface area (Å²) < 4.78 is 22.5. The number of benzene rings is 2. The minimum Gasteiger partial charge on any atom is -0.497 e. The first-order chi connectivity index (χ1) is 15.0. The molecule has 1 amide bonds. The van der Waals surface area contributed by atoms with Crippen LogP contribution >= 0.6 is 0 Å². The predicted octanol–water partition coefficient (Wildman–Crippen LogP) is 3.12. The van der Waals surface area contributed by atoms with E-state index >= 15 is 0 Å². The van der Waals surface area contributed by atoms with Gasteiger partial charge in [0.1, 0.15) is 23.3 Å². The standard InChI is InChI=1S/C22H24N2O7/c1-28-15-8-9-18(19(12-15)29-2)20-21(22(25)23(20)13-17-7-4-10-30-17)31-16-6-3-5-14(11-16)24(26)27/h3,5-6,8-9,11-12,17,20-21H,4,7,10,13H2,1-2H3/t17-,20-,21-/m1/s1. The van der Waals surface area contributed by atoms with Gasteiger partial charge in [-0.2, -0.15) is 0 Å². The molecule has 0 saturated carbocycles. The Labute approximate surface area is 179 Å². The quantitative estimate of drug-likeness (QED) is 0.362. The van der Waals surface area contributed by atoms with Gasteiger partial charge in [-0.15, -0.1) is 0 Å². The smallest absolute Gasteiger partial charge is 0.273 e. The van der Waals surface area contributed by atoms with Gasteiger partial charge in [0.2, 0.25) is 6.10 Å². The van der Waals surface area contributed by atoms with Gasteiger partial charge in [-0.3, -0.25) is 14.9 Å². The lowest BCUT2D eigenvalue weighted by molar-refractivity contribution is -0.385. The molecule has 0 bridgehead atoms. The zero-order valence-corrected chi connectivity index (χ0v) is 17.4. The molecule has 2 saturated heterocycles. The molecule has 9 nitrogen and oxygen atoms in total. The third-order valence-electron chi connectivity index (χ3n) is 5.62. The minimum absolute atomic E-state index is 0.0190. The fraction of sp³-hybridized carbons (Fsp3) is 0.409. The van der Waals surface area contributed by atoms with Gasteiger partial charge in [-0.25, -0.2) is 0 Å². The summed E-state index contributed by atoms with van der Waals surface area (Å²) >= 11 is 0. The lowest BCUT2D eigenvalue weighted by Crippen LogP contribution is -2.62. The van der Waals surface area contributed by atoms with Gasteiger partial charge in [-0.1, -0.05) is 6.07 Å². The van der Waals surface area contributed by atoms with Crippen LogP contribution in [0.1, 0.15) is 24.4 Å². The Morgan fingerprint density at radius 3 is 2.68 bits per heavy atom. The van der Waals surface area contributed by atoms with E-state index in [2.05, 4.69) is 0 Å². The van der Waals surface area contributed by atoms with Gasteiger partial charge < -0.3 is 23.8 Å². The van der Waals surface area contributed by atoms with Crippen molar-refractivity contribution >= 4 is 11.6 Å². The van der Waals surface area contributed by atoms with E-state index in [0.717, 1.165) is 18.4 Å². The number of nitro groups is 1. The number of nitro benzene ring substituents is 1. The molecule has 2 aliphatic heterocycles. The summed E-state index contributed by atoms with van der Waals surface area (Å²) in [4.78, 5) is 25.3. The molecule has 0 radical (unpaired) electrons. The molecule has 0 aliphatic carbocycles. The van der Waals surface area contributed by atoms with Crippen molar-refractivity contribution in [2.45, 2.75) is 31.1 Å². The average Bonchev–Trinajstić information content (AvgIpc) is 3.31. The second kappa shape index (κ2) is 8.81. The molecule has 0 N–H and O–H groups in total. The predicted molar refractivity (Wildman–Crippen MR) is 110 cm³/mol. The van der Waals surface area contributed by atoms with Gasteiger partial charge in [-0.05, 0) is 31.0 Å². The molecule has 2 fully saturated rings. The van der Waals surface area contributed by atoms with Crippen LogP contribution in [0.2, 0.25) is 0 Å². The van der Waals surface area contributed by atoms with Gasteiger partial charge >= 0.3 is 0 Å². The summed E-state index contributed by atoms with van der Waals surface area (Å²) in [6, 6.07) is 10.8. The lowest BCUT2D eigenvalue weighted by Gasteiger charge is -2.47. The molecule has 4 rings (SSSR count). The topological polar surface area (TPSA) is 100 Å². The number of ether oxygens (including phenoxy) is 4. The van der Waals surface area contributed by atoms with Crippen LogP contribution in [0.25, 0.3) is 0 Å². The highest BCUT2D eigenvalue weighted by Crippen LogP contribution is 2.43. The van der Waals surface area contributed by atoms with Crippen molar-refractivity contribution < 1.29 is 28.7 Å². The Morgan fingerprint density at radius 1 is 1.16 bits per heavy atom. The van der Waals surface area contributed by atoms with Crippen molar-refractivity contribution in [1.82, 2.24) is 4.90 Å². The lowest BCUT2D eigenvalue weighted by atomic mass is 9.89. The van der Waals surface area contributed by atoms with E-state index in [1.807, 2.05) is 6.07 Å². The number of rotatable bonds is 8. The van der Waals surface area contributed by atoms with Crippen molar-refractivity contribution in [2.24, 2.45) is 0 Å². The Balaban J connectivity index is 1.64. The van der Waals surface area contributed by atoms with Crippen LogP contribution in [0.5, 0.6) is 17.2 Å². The second-order valence-electron chi connectivity index (χ2n) is 7.47. The van der Waals surface area contributed by atoms with E-state index in [9.17, 15) is 14.9 Å². The molecule has 2 aromatic carbocycles. The van der Waals surface area contributed by atoms with E-state index in [1.54, 1.807) is 37.3 Å². The number of hydrogen-bond donors (Lipinski definition) is 0. The van der Waals surface area contributed by atoms with Crippen molar-refractivity contribution in [3.8, 4) is 17.2 Å². The molecule has 164 valence electrons. The van der Waals surface area contributed by atoms with Crippen LogP contribution in [-0.2, 0) is 9.53 Å². The van der Waals surface area contributed by atoms with Gasteiger partial charge in [0, 0.05) is 30.8 Å². The summed E-state index contributed by atoms with van der Waals surface area (Å²) in [6.07, 6.45) is 1.02. The van der Waals surface area contributed by atoms with Gasteiger partial charge in [0.05, 0.1) is 31.3 Å². The molecule has 2 aliphatic rings. The number of hydrogen-bond acceptors (Lipinski definition) is 7. The number of nitrogens with zero attached hydrogens (tertiary/aromatic N) is 2. The van der Waals surface area contributed by atoms with Crippen LogP contribution in [-0.4, -0.2) is 55.3 Å². The van der Waals surface area contributed by atoms with Crippen molar-refractivity contribution in [3.63, 3.8) is 0 Å². The molecule has 2 aromatic rings. The molecule has 0 spiro atoms. The Morgan fingerprint density at radius 2 is 2.00 bits per heavy atom. The van der Waals surface area contributed by atoms with Crippen LogP contribution < -0.4 is 14.2 Å². The van der Waals surface area contributed by atoms with E-state index < -0.39 is 17.1 Å². The van der Waals surface area contributed by atoms with Crippen LogP contribution in [0, 0.1) is 10.1 Å². The second-order valence-corrected chi connectivity index (χ2v) is 7.47. The Kier molecular flexibility index (Phi) is 5.94. The number of non-ortho nitro benzene ring substituents is 1. The number of carbonyl (C=O) groups is 1. The maximum Gasteiger partial charge on any atom is 0.273 e. The number of methoxy groups -OCH3 is 2. The first-order valence-electron chi connectivity index (χ1n) is 10.1. The number of β-lactam (4-membered cyclic amide) rings is 1. The third-order valence-corrected chi connectivity index (χ3v) is 5.62. The SMILES string of the molecule is COc1ccc([C@@H]2[C@@H](Oc3cccc([N+](=O)[O-])c3)C(=O)N2C[C@H]2CCCO2)c(OC)c1. The molecule has 2 heterocycles. The third kappa shape index (κ3) is 4.13. The first-order valence-corrected chi connectivity index (χ1v) is 10.1. The van der Waals surface area contributed by atoms with E-state index in [0.29, 0.717) is 24.7 Å². The highest BCUT2D eigenvalue weighted by atomic mass is 16.6.